The number of hydrogen-bond acceptors (Lipinski definition) is 5. The summed E-state index contributed by atoms with van der Waals surface area (Å²) in [5, 5.41) is 12.2. The lowest BCUT2D eigenvalue weighted by Gasteiger charge is -2.13. The number of pyridine rings is 1. The van der Waals surface area contributed by atoms with Crippen LogP contribution in [0.5, 0.6) is 17.2 Å². The molecule has 4 rings (SSSR count). The van der Waals surface area contributed by atoms with Crippen LogP contribution in [0.1, 0.15) is 35.4 Å². The fourth-order valence-electron chi connectivity index (χ4n) is 3.12. The number of hydrogen-bond donors (Lipinski definition) is 1. The maximum atomic E-state index is 8.85. The molecule has 0 radical (unpaired) electrons. The van der Waals surface area contributed by atoms with E-state index in [4.69, 9.17) is 14.7 Å². The van der Waals surface area contributed by atoms with Gasteiger partial charge in [-0.25, -0.2) is 4.98 Å². The molecule has 140 valence electrons. The zero-order valence-electron chi connectivity index (χ0n) is 15.7. The molecule has 0 amide bonds. The van der Waals surface area contributed by atoms with Crippen LogP contribution >= 0.6 is 0 Å². The van der Waals surface area contributed by atoms with Crippen LogP contribution in [0.25, 0.3) is 0 Å². The molecule has 1 fully saturated rings. The van der Waals surface area contributed by atoms with Gasteiger partial charge in [-0.2, -0.15) is 5.26 Å². The molecule has 0 atom stereocenters. The zero-order valence-corrected chi connectivity index (χ0v) is 15.7. The highest BCUT2D eigenvalue weighted by molar-refractivity contribution is 5.44. The minimum atomic E-state index is 0.605. The number of methoxy groups -OCH3 is 1. The monoisotopic (exact) mass is 371 g/mol. The quantitative estimate of drug-likeness (QED) is 0.615. The fourth-order valence-corrected chi connectivity index (χ4v) is 3.12. The van der Waals surface area contributed by atoms with E-state index in [0.29, 0.717) is 29.5 Å². The van der Waals surface area contributed by atoms with E-state index in [9.17, 15) is 0 Å². The van der Waals surface area contributed by atoms with Gasteiger partial charge >= 0.3 is 0 Å². The summed E-state index contributed by atoms with van der Waals surface area (Å²) < 4.78 is 11.1. The van der Waals surface area contributed by atoms with E-state index in [1.807, 2.05) is 18.2 Å². The van der Waals surface area contributed by atoms with Crippen LogP contribution in [0.4, 0.5) is 5.82 Å². The molecule has 0 saturated heterocycles. The van der Waals surface area contributed by atoms with Gasteiger partial charge in [-0.1, -0.05) is 6.07 Å². The first-order valence-corrected chi connectivity index (χ1v) is 9.30. The molecule has 0 bridgehead atoms. The topological polar surface area (TPSA) is 67.2 Å². The molecule has 1 aromatic heterocycles. The largest absolute Gasteiger partial charge is 0.497 e. The highest BCUT2D eigenvalue weighted by Crippen LogP contribution is 2.42. The molecule has 5 heteroatoms. The van der Waals surface area contributed by atoms with Crippen molar-refractivity contribution in [1.82, 2.24) is 4.98 Å². The summed E-state index contributed by atoms with van der Waals surface area (Å²) in [5.74, 6) is 3.67. The average Bonchev–Trinajstić information content (AvgIpc) is 3.59. The number of ether oxygens (including phenoxy) is 2. The van der Waals surface area contributed by atoms with Gasteiger partial charge in [0.2, 0.25) is 0 Å². The van der Waals surface area contributed by atoms with E-state index >= 15 is 0 Å². The molecule has 28 heavy (non-hydrogen) atoms. The third-order valence-corrected chi connectivity index (χ3v) is 4.78. The van der Waals surface area contributed by atoms with Gasteiger partial charge in [-0.3, -0.25) is 0 Å². The average molecular weight is 371 g/mol. The molecule has 3 aromatic rings. The van der Waals surface area contributed by atoms with Gasteiger partial charge in [0.15, 0.2) is 0 Å². The Labute approximate surface area is 164 Å². The lowest BCUT2D eigenvalue weighted by atomic mass is 10.0. The molecule has 1 aliphatic rings. The van der Waals surface area contributed by atoms with Crippen molar-refractivity contribution < 1.29 is 9.47 Å². The molecule has 0 spiro atoms. The zero-order chi connectivity index (χ0) is 19.3. The van der Waals surface area contributed by atoms with Crippen LogP contribution in [0.15, 0.2) is 60.8 Å². The van der Waals surface area contributed by atoms with Crippen molar-refractivity contribution >= 4 is 5.82 Å². The van der Waals surface area contributed by atoms with Gasteiger partial charge in [0.1, 0.15) is 23.1 Å². The molecule has 1 aliphatic carbocycles. The number of aromatic nitrogens is 1. The third kappa shape index (κ3) is 4.24. The second kappa shape index (κ2) is 8.01. The lowest BCUT2D eigenvalue weighted by molar-refractivity contribution is 0.414. The number of benzene rings is 2. The van der Waals surface area contributed by atoms with Gasteiger partial charge in [0.05, 0.1) is 24.9 Å². The summed E-state index contributed by atoms with van der Waals surface area (Å²) in [6, 6.07) is 19.2. The Hall–Kier alpha value is -3.52. The van der Waals surface area contributed by atoms with Gasteiger partial charge in [0, 0.05) is 6.54 Å². The van der Waals surface area contributed by atoms with Crippen molar-refractivity contribution in [2.45, 2.75) is 25.3 Å². The van der Waals surface area contributed by atoms with Crippen molar-refractivity contribution in [3.05, 3.63) is 77.5 Å². The summed E-state index contributed by atoms with van der Waals surface area (Å²) in [4.78, 5) is 4.44. The Balaban J connectivity index is 1.40. The summed E-state index contributed by atoms with van der Waals surface area (Å²) in [6.07, 6.45) is 4.21. The van der Waals surface area contributed by atoms with Crippen LogP contribution in [0, 0.1) is 11.3 Å². The molecule has 0 aliphatic heterocycles. The first-order valence-electron chi connectivity index (χ1n) is 9.30. The van der Waals surface area contributed by atoms with E-state index in [1.54, 1.807) is 37.6 Å². The molecule has 2 aromatic carbocycles. The first kappa shape index (κ1) is 17.9. The van der Waals surface area contributed by atoms with Crippen LogP contribution < -0.4 is 14.8 Å². The number of anilines is 1. The highest BCUT2D eigenvalue weighted by atomic mass is 16.5. The highest BCUT2D eigenvalue weighted by Gasteiger charge is 2.26. The lowest BCUT2D eigenvalue weighted by Crippen LogP contribution is -2.04. The minimum absolute atomic E-state index is 0.605. The number of rotatable bonds is 7. The van der Waals surface area contributed by atoms with Crippen LogP contribution in [0.3, 0.4) is 0 Å². The molecule has 1 N–H and O–H groups in total. The molecule has 1 saturated carbocycles. The molecule has 0 unspecified atom stereocenters. The van der Waals surface area contributed by atoms with Crippen molar-refractivity contribution in [3.63, 3.8) is 0 Å². The fraction of sp³-hybridized carbons (Fsp3) is 0.217. The summed E-state index contributed by atoms with van der Waals surface area (Å²) in [5.41, 5.74) is 3.25. The van der Waals surface area contributed by atoms with Crippen LogP contribution in [-0.2, 0) is 6.54 Å². The Morgan fingerprint density at radius 2 is 1.79 bits per heavy atom. The summed E-state index contributed by atoms with van der Waals surface area (Å²) in [6.45, 7) is 0.700. The molecular formula is C23H21N3O2. The second-order valence-electron chi connectivity index (χ2n) is 6.81. The van der Waals surface area contributed by atoms with Gasteiger partial charge < -0.3 is 14.8 Å². The van der Waals surface area contributed by atoms with Gasteiger partial charge in [0.25, 0.3) is 0 Å². The van der Waals surface area contributed by atoms with E-state index in [-0.39, 0.29) is 0 Å². The van der Waals surface area contributed by atoms with Crippen LogP contribution in [-0.4, -0.2) is 12.1 Å². The standard InChI is InChI=1S/C23H21N3O2/c1-27-20-8-10-22(17-4-5-17)18(12-20)14-25-23-11-9-21(15-26-23)28-19-6-2-16(13-24)3-7-19/h2-3,6-12,15,17H,4-5,14H2,1H3,(H,25,26). The third-order valence-electron chi connectivity index (χ3n) is 4.78. The molecule has 1 heterocycles. The first-order chi connectivity index (χ1) is 13.7. The van der Waals surface area contributed by atoms with Crippen molar-refractivity contribution in [1.29, 1.82) is 5.26 Å². The summed E-state index contributed by atoms with van der Waals surface area (Å²) >= 11 is 0. The van der Waals surface area contributed by atoms with E-state index < -0.39 is 0 Å². The Kier molecular flexibility index (Phi) is 5.11. The van der Waals surface area contributed by atoms with Gasteiger partial charge in [-0.05, 0) is 78.4 Å². The minimum Gasteiger partial charge on any atom is -0.497 e. The van der Waals surface area contributed by atoms with Gasteiger partial charge in [-0.15, -0.1) is 0 Å². The second-order valence-corrected chi connectivity index (χ2v) is 6.81. The van der Waals surface area contributed by atoms with E-state index in [1.165, 1.54) is 24.0 Å². The maximum absolute atomic E-state index is 8.85. The smallest absolute Gasteiger partial charge is 0.145 e. The Bertz CT molecular complexity index is 988. The predicted octanol–water partition coefficient (Wildman–Crippen LogP) is 5.24. The van der Waals surface area contributed by atoms with Crippen molar-refractivity contribution in [3.8, 4) is 23.3 Å². The molecule has 5 nitrogen and oxygen atoms in total. The summed E-state index contributed by atoms with van der Waals surface area (Å²) in [7, 11) is 1.69. The number of nitrogens with zero attached hydrogens (tertiary/aromatic N) is 2. The number of nitriles is 1. The van der Waals surface area contributed by atoms with E-state index in [0.717, 1.165) is 11.6 Å². The van der Waals surface area contributed by atoms with Crippen molar-refractivity contribution in [2.24, 2.45) is 0 Å². The predicted molar refractivity (Wildman–Crippen MR) is 108 cm³/mol. The van der Waals surface area contributed by atoms with Crippen LogP contribution in [0.2, 0.25) is 0 Å². The molecular weight excluding hydrogens is 350 g/mol. The number of nitrogens with one attached hydrogen (secondary N) is 1. The van der Waals surface area contributed by atoms with E-state index in [2.05, 4.69) is 28.5 Å². The normalized spacial score (nSPS) is 12.9. The maximum Gasteiger partial charge on any atom is 0.145 e. The Morgan fingerprint density at radius 3 is 2.43 bits per heavy atom. The Morgan fingerprint density at radius 1 is 1.04 bits per heavy atom. The SMILES string of the molecule is COc1ccc(C2CC2)c(CNc2ccc(Oc3ccc(C#N)cc3)cn2)c1. The van der Waals surface area contributed by atoms with Crippen molar-refractivity contribution in [2.75, 3.05) is 12.4 Å².